The second-order valence-corrected chi connectivity index (χ2v) is 6.55. The van der Waals surface area contributed by atoms with E-state index in [4.69, 9.17) is 9.47 Å². The zero-order valence-corrected chi connectivity index (χ0v) is 15.9. The number of carbonyl (C=O) groups excluding carboxylic acids is 1. The van der Waals surface area contributed by atoms with Gasteiger partial charge >= 0.3 is 6.09 Å². The van der Waals surface area contributed by atoms with Crippen molar-refractivity contribution < 1.29 is 23.0 Å². The highest BCUT2D eigenvalue weighted by Gasteiger charge is 2.40. The second-order valence-electron chi connectivity index (χ2n) is 6.55. The number of carbonyl (C=O) groups is 1. The van der Waals surface area contributed by atoms with E-state index in [9.17, 15) is 13.6 Å². The summed E-state index contributed by atoms with van der Waals surface area (Å²) < 4.78 is 38.6. The monoisotopic (exact) mass is 406 g/mol. The fourth-order valence-electron chi connectivity index (χ4n) is 3.23. The van der Waals surface area contributed by atoms with Gasteiger partial charge in [0.1, 0.15) is 17.7 Å². The van der Waals surface area contributed by atoms with Gasteiger partial charge in [0.05, 0.1) is 7.11 Å². The molecular weight excluding hydrogens is 390 g/mol. The fraction of sp³-hybridized carbons (Fsp3) is 0.130. The van der Waals surface area contributed by atoms with Crippen LogP contribution in [0.25, 0.3) is 0 Å². The van der Waals surface area contributed by atoms with Crippen molar-refractivity contribution in [3.05, 3.63) is 94.7 Å². The Labute approximate surface area is 171 Å². The molecule has 30 heavy (non-hydrogen) atoms. The van der Waals surface area contributed by atoms with Gasteiger partial charge in [-0.05, 0) is 36.4 Å². The molecule has 4 rings (SSSR count). The molecule has 2 heterocycles. The van der Waals surface area contributed by atoms with E-state index in [1.165, 1.54) is 13.3 Å². The summed E-state index contributed by atoms with van der Waals surface area (Å²) in [6.07, 6.45) is -0.314. The zero-order valence-electron chi connectivity index (χ0n) is 15.9. The number of nitrogens with zero attached hydrogens (tertiary/aromatic N) is 1. The van der Waals surface area contributed by atoms with Crippen LogP contribution in [0.5, 0.6) is 5.88 Å². The Hall–Kier alpha value is -3.92. The van der Waals surface area contributed by atoms with Crippen LogP contribution >= 0.6 is 0 Å². The standard InChI is InChI=1S/C23H16F2N2O3/c1-29-22-18(11-15(13-26-22)8-7-14-5-3-2-4-6-14)20-21(30-23(28)27-20)17-12-16(24)9-10-19(17)25/h2-6,9-13,20-21H,1H3,(H,27,28)/t20-,21-/m1/s1. The van der Waals surface area contributed by atoms with Gasteiger partial charge in [0.25, 0.3) is 0 Å². The van der Waals surface area contributed by atoms with E-state index in [-0.39, 0.29) is 11.4 Å². The van der Waals surface area contributed by atoms with Gasteiger partial charge in [-0.3, -0.25) is 0 Å². The summed E-state index contributed by atoms with van der Waals surface area (Å²) in [6.45, 7) is 0. The number of aromatic nitrogens is 1. The van der Waals surface area contributed by atoms with Crippen LogP contribution in [0.3, 0.4) is 0 Å². The first kappa shape index (κ1) is 19.4. The molecule has 0 saturated carbocycles. The van der Waals surface area contributed by atoms with Crippen LogP contribution in [0.2, 0.25) is 0 Å². The van der Waals surface area contributed by atoms with E-state index in [0.717, 1.165) is 23.8 Å². The van der Waals surface area contributed by atoms with Gasteiger partial charge in [0, 0.05) is 28.5 Å². The molecule has 1 fully saturated rings. The lowest BCUT2D eigenvalue weighted by atomic mass is 9.95. The van der Waals surface area contributed by atoms with Crippen LogP contribution in [0, 0.1) is 23.5 Å². The van der Waals surface area contributed by atoms with Crippen molar-refractivity contribution in [3.63, 3.8) is 0 Å². The minimum atomic E-state index is -1.10. The average Bonchev–Trinajstić information content (AvgIpc) is 3.15. The van der Waals surface area contributed by atoms with Crippen molar-refractivity contribution in [2.75, 3.05) is 7.11 Å². The number of methoxy groups -OCH3 is 1. The number of halogens is 2. The van der Waals surface area contributed by atoms with Crippen LogP contribution in [-0.4, -0.2) is 18.2 Å². The molecule has 0 aliphatic carbocycles. The summed E-state index contributed by atoms with van der Waals surface area (Å²) in [5.74, 6) is 4.93. The lowest BCUT2D eigenvalue weighted by Crippen LogP contribution is -2.21. The Morgan fingerprint density at radius 2 is 1.80 bits per heavy atom. The van der Waals surface area contributed by atoms with E-state index >= 15 is 0 Å². The van der Waals surface area contributed by atoms with Gasteiger partial charge in [0.15, 0.2) is 6.10 Å². The van der Waals surface area contributed by atoms with Crippen LogP contribution < -0.4 is 10.1 Å². The third-order valence-corrected chi connectivity index (χ3v) is 4.61. The summed E-state index contributed by atoms with van der Waals surface area (Å²) in [4.78, 5) is 16.2. The zero-order chi connectivity index (χ0) is 21.1. The van der Waals surface area contributed by atoms with Gasteiger partial charge in [-0.15, -0.1) is 0 Å². The summed E-state index contributed by atoms with van der Waals surface area (Å²) in [7, 11) is 1.43. The normalized spacial score (nSPS) is 17.5. The number of cyclic esters (lactones) is 1. The summed E-state index contributed by atoms with van der Waals surface area (Å²) in [5.41, 5.74) is 1.75. The van der Waals surface area contributed by atoms with Crippen molar-refractivity contribution >= 4 is 6.09 Å². The molecule has 7 heteroatoms. The summed E-state index contributed by atoms with van der Waals surface area (Å²) in [6, 6.07) is 13.2. The number of benzene rings is 2. The van der Waals surface area contributed by atoms with Crippen molar-refractivity contribution in [2.24, 2.45) is 0 Å². The van der Waals surface area contributed by atoms with Crippen LogP contribution in [0.15, 0.2) is 60.8 Å². The highest BCUT2D eigenvalue weighted by Crippen LogP contribution is 2.40. The molecule has 1 amide bonds. The van der Waals surface area contributed by atoms with E-state index in [1.54, 1.807) is 6.07 Å². The number of ether oxygens (including phenoxy) is 2. The Kier molecular flexibility index (Phi) is 5.31. The maximum absolute atomic E-state index is 14.4. The number of amides is 1. The van der Waals surface area contributed by atoms with Gasteiger partial charge in [-0.25, -0.2) is 18.6 Å². The average molecular weight is 406 g/mol. The first-order chi connectivity index (χ1) is 14.5. The number of hydrogen-bond donors (Lipinski definition) is 1. The molecule has 2 aromatic carbocycles. The number of nitrogens with one attached hydrogen (secondary N) is 1. The van der Waals surface area contributed by atoms with E-state index in [1.807, 2.05) is 30.3 Å². The Morgan fingerprint density at radius 1 is 1.03 bits per heavy atom. The number of pyridine rings is 1. The van der Waals surface area contributed by atoms with Crippen LogP contribution in [0.1, 0.15) is 34.4 Å². The maximum atomic E-state index is 14.4. The molecule has 150 valence electrons. The van der Waals surface area contributed by atoms with Crippen molar-refractivity contribution in [1.82, 2.24) is 10.3 Å². The number of alkyl carbamates (subject to hydrolysis) is 1. The molecule has 5 nitrogen and oxygen atoms in total. The Bertz CT molecular complexity index is 1160. The smallest absolute Gasteiger partial charge is 0.408 e. The third-order valence-electron chi connectivity index (χ3n) is 4.61. The van der Waals surface area contributed by atoms with Gasteiger partial charge in [0.2, 0.25) is 5.88 Å². The number of rotatable bonds is 3. The molecule has 1 aliphatic rings. The topological polar surface area (TPSA) is 60.5 Å². The molecule has 0 unspecified atom stereocenters. The Balaban J connectivity index is 1.75. The molecule has 1 saturated heterocycles. The SMILES string of the molecule is COc1ncc(C#Cc2ccccc2)cc1[C@H]1NC(=O)O[C@@H]1c1cc(F)ccc1F. The lowest BCUT2D eigenvalue weighted by Gasteiger charge is -2.20. The van der Waals surface area contributed by atoms with Crippen molar-refractivity contribution in [2.45, 2.75) is 12.1 Å². The van der Waals surface area contributed by atoms with E-state index in [0.29, 0.717) is 11.1 Å². The predicted octanol–water partition coefficient (Wildman–Crippen LogP) is 4.29. The van der Waals surface area contributed by atoms with Gasteiger partial charge in [-0.2, -0.15) is 0 Å². The molecule has 1 aromatic heterocycles. The summed E-state index contributed by atoms with van der Waals surface area (Å²) in [5, 5.41) is 2.62. The molecule has 1 aliphatic heterocycles. The van der Waals surface area contributed by atoms with Crippen LogP contribution in [0.4, 0.5) is 13.6 Å². The minimum Gasteiger partial charge on any atom is -0.481 e. The van der Waals surface area contributed by atoms with E-state index < -0.39 is 29.9 Å². The van der Waals surface area contributed by atoms with Crippen molar-refractivity contribution in [1.29, 1.82) is 0 Å². The number of hydrogen-bond acceptors (Lipinski definition) is 4. The summed E-state index contributed by atoms with van der Waals surface area (Å²) >= 11 is 0. The minimum absolute atomic E-state index is 0.0822. The van der Waals surface area contributed by atoms with Crippen LogP contribution in [-0.2, 0) is 4.74 Å². The highest BCUT2D eigenvalue weighted by atomic mass is 19.1. The third kappa shape index (κ3) is 3.94. The van der Waals surface area contributed by atoms with Crippen molar-refractivity contribution in [3.8, 4) is 17.7 Å². The van der Waals surface area contributed by atoms with Gasteiger partial charge in [-0.1, -0.05) is 30.0 Å². The largest absolute Gasteiger partial charge is 0.481 e. The first-order valence-electron chi connectivity index (χ1n) is 9.08. The Morgan fingerprint density at radius 3 is 2.57 bits per heavy atom. The molecule has 2 atom stereocenters. The fourth-order valence-corrected chi connectivity index (χ4v) is 3.23. The predicted molar refractivity (Wildman–Crippen MR) is 105 cm³/mol. The molecule has 3 aromatic rings. The lowest BCUT2D eigenvalue weighted by molar-refractivity contribution is 0.129. The second kappa shape index (κ2) is 8.21. The molecule has 0 radical (unpaired) electrons. The quantitative estimate of drug-likeness (QED) is 0.660. The van der Waals surface area contributed by atoms with E-state index in [2.05, 4.69) is 22.1 Å². The molecular formula is C23H16F2N2O3. The van der Waals surface area contributed by atoms with Gasteiger partial charge < -0.3 is 14.8 Å². The maximum Gasteiger partial charge on any atom is 0.408 e. The molecule has 1 N–H and O–H groups in total. The highest BCUT2D eigenvalue weighted by molar-refractivity contribution is 5.71. The molecule has 0 spiro atoms. The molecule has 0 bridgehead atoms. The first-order valence-corrected chi connectivity index (χ1v) is 9.08.